The van der Waals surface area contributed by atoms with Gasteiger partial charge in [0.15, 0.2) is 0 Å². The second-order valence-electron chi connectivity index (χ2n) is 6.39. The maximum absolute atomic E-state index is 12.6. The molecular weight excluding hydrogens is 354 g/mol. The van der Waals surface area contributed by atoms with Crippen LogP contribution in [0.4, 0.5) is 5.69 Å². The zero-order valence-electron chi connectivity index (χ0n) is 15.8. The van der Waals surface area contributed by atoms with Gasteiger partial charge in [-0.25, -0.2) is 19.6 Å². The van der Waals surface area contributed by atoms with E-state index < -0.39 is 0 Å². The summed E-state index contributed by atoms with van der Waals surface area (Å²) in [7, 11) is 0. The lowest BCUT2D eigenvalue weighted by Gasteiger charge is -2.09. The predicted octanol–water partition coefficient (Wildman–Crippen LogP) is 3.03. The molecule has 0 aliphatic rings. The number of anilines is 1. The number of carbonyl (C=O) groups excluding carboxylic acids is 1. The van der Waals surface area contributed by atoms with Crippen LogP contribution in [0.25, 0.3) is 11.6 Å². The molecule has 0 saturated carbocycles. The van der Waals surface area contributed by atoms with Crippen LogP contribution in [0.5, 0.6) is 0 Å². The van der Waals surface area contributed by atoms with Crippen LogP contribution in [-0.2, 0) is 0 Å². The summed E-state index contributed by atoms with van der Waals surface area (Å²) in [6, 6.07) is 9.06. The van der Waals surface area contributed by atoms with E-state index in [4.69, 9.17) is 0 Å². The average Bonchev–Trinajstić information content (AvgIpc) is 3.32. The van der Waals surface area contributed by atoms with Crippen LogP contribution in [0.3, 0.4) is 0 Å². The quantitative estimate of drug-likeness (QED) is 0.594. The van der Waals surface area contributed by atoms with E-state index in [0.717, 1.165) is 22.9 Å². The minimum absolute atomic E-state index is 0.240. The molecule has 0 radical (unpaired) electrons. The van der Waals surface area contributed by atoms with Crippen LogP contribution < -0.4 is 5.32 Å². The van der Waals surface area contributed by atoms with Gasteiger partial charge in [0, 0.05) is 23.7 Å². The fraction of sp³-hybridized carbons (Fsp3) is 0.150. The number of carbonyl (C=O) groups is 1. The lowest BCUT2D eigenvalue weighted by Crippen LogP contribution is -2.13. The third kappa shape index (κ3) is 3.27. The molecule has 0 spiro atoms. The SMILES string of the molecule is Cc1nc(C)n(-c2ncc(NC(=O)c3cccc(-n4cccn4)c3)cn2)c1C. The van der Waals surface area contributed by atoms with Crippen molar-refractivity contribution in [1.82, 2.24) is 29.3 Å². The molecule has 4 rings (SSSR count). The van der Waals surface area contributed by atoms with Gasteiger partial charge in [0.2, 0.25) is 5.95 Å². The van der Waals surface area contributed by atoms with Crippen LogP contribution in [0.1, 0.15) is 27.6 Å². The Hall–Kier alpha value is -3.81. The Morgan fingerprint density at radius 2 is 1.86 bits per heavy atom. The number of hydrogen-bond donors (Lipinski definition) is 1. The highest BCUT2D eigenvalue weighted by molar-refractivity contribution is 6.04. The molecule has 140 valence electrons. The maximum Gasteiger partial charge on any atom is 0.255 e. The lowest BCUT2D eigenvalue weighted by atomic mass is 10.2. The third-order valence-corrected chi connectivity index (χ3v) is 4.49. The molecule has 3 heterocycles. The van der Waals surface area contributed by atoms with Crippen LogP contribution in [0, 0.1) is 20.8 Å². The first kappa shape index (κ1) is 17.6. The molecule has 8 heteroatoms. The van der Waals surface area contributed by atoms with Crippen LogP contribution >= 0.6 is 0 Å². The first-order valence-electron chi connectivity index (χ1n) is 8.79. The normalized spacial score (nSPS) is 10.8. The Morgan fingerprint density at radius 1 is 1.07 bits per heavy atom. The summed E-state index contributed by atoms with van der Waals surface area (Å²) in [6.07, 6.45) is 6.69. The summed E-state index contributed by atoms with van der Waals surface area (Å²) in [5.74, 6) is 1.10. The minimum Gasteiger partial charge on any atom is -0.319 e. The molecule has 28 heavy (non-hydrogen) atoms. The second kappa shape index (κ2) is 7.07. The summed E-state index contributed by atoms with van der Waals surface area (Å²) in [5.41, 5.74) is 3.78. The van der Waals surface area contributed by atoms with Crippen LogP contribution in [-0.4, -0.2) is 35.2 Å². The largest absolute Gasteiger partial charge is 0.319 e. The van der Waals surface area contributed by atoms with Crippen molar-refractivity contribution in [3.63, 3.8) is 0 Å². The van der Waals surface area contributed by atoms with Gasteiger partial charge in [-0.15, -0.1) is 0 Å². The molecule has 0 atom stereocenters. The van der Waals surface area contributed by atoms with Gasteiger partial charge < -0.3 is 5.32 Å². The molecule has 0 unspecified atom stereocenters. The number of amides is 1. The number of nitrogens with one attached hydrogen (secondary N) is 1. The van der Waals surface area contributed by atoms with E-state index in [9.17, 15) is 4.79 Å². The zero-order valence-corrected chi connectivity index (χ0v) is 15.8. The van der Waals surface area contributed by atoms with Crippen molar-refractivity contribution in [3.8, 4) is 11.6 Å². The van der Waals surface area contributed by atoms with Gasteiger partial charge in [-0.1, -0.05) is 6.07 Å². The van der Waals surface area contributed by atoms with E-state index in [0.29, 0.717) is 17.2 Å². The van der Waals surface area contributed by atoms with Crippen molar-refractivity contribution < 1.29 is 4.79 Å². The molecule has 1 N–H and O–H groups in total. The Bertz CT molecular complexity index is 1130. The fourth-order valence-corrected chi connectivity index (χ4v) is 2.99. The van der Waals surface area contributed by atoms with Crippen LogP contribution in [0.2, 0.25) is 0 Å². The van der Waals surface area contributed by atoms with Crippen molar-refractivity contribution in [3.05, 3.63) is 77.9 Å². The smallest absolute Gasteiger partial charge is 0.255 e. The molecule has 3 aromatic heterocycles. The third-order valence-electron chi connectivity index (χ3n) is 4.49. The lowest BCUT2D eigenvalue weighted by molar-refractivity contribution is 0.102. The molecule has 0 aliphatic carbocycles. The average molecular weight is 373 g/mol. The van der Waals surface area contributed by atoms with Gasteiger partial charge in [-0.3, -0.25) is 9.36 Å². The van der Waals surface area contributed by atoms with E-state index in [-0.39, 0.29) is 5.91 Å². The Morgan fingerprint density at radius 3 is 2.50 bits per heavy atom. The van der Waals surface area contributed by atoms with Crippen molar-refractivity contribution >= 4 is 11.6 Å². The predicted molar refractivity (Wildman–Crippen MR) is 105 cm³/mol. The first-order chi connectivity index (χ1) is 13.5. The highest BCUT2D eigenvalue weighted by Gasteiger charge is 2.12. The maximum atomic E-state index is 12.6. The number of imidazole rings is 1. The Kier molecular flexibility index (Phi) is 4.44. The fourth-order valence-electron chi connectivity index (χ4n) is 2.99. The monoisotopic (exact) mass is 373 g/mol. The van der Waals surface area contributed by atoms with E-state index >= 15 is 0 Å². The van der Waals surface area contributed by atoms with E-state index in [2.05, 4.69) is 25.4 Å². The molecule has 8 nitrogen and oxygen atoms in total. The number of hydrogen-bond acceptors (Lipinski definition) is 5. The van der Waals surface area contributed by atoms with Gasteiger partial charge in [0.25, 0.3) is 5.91 Å². The van der Waals surface area contributed by atoms with Gasteiger partial charge in [-0.2, -0.15) is 5.10 Å². The molecule has 4 aromatic rings. The summed E-state index contributed by atoms with van der Waals surface area (Å²) < 4.78 is 3.58. The molecule has 0 aliphatic heterocycles. The summed E-state index contributed by atoms with van der Waals surface area (Å²) >= 11 is 0. The standard InChI is InChI=1S/C20H19N7O/c1-13-14(2)27(15(3)24-13)20-21-11-17(12-22-20)25-19(28)16-6-4-7-18(10-16)26-9-5-8-23-26/h4-12H,1-3H3,(H,25,28). The molecule has 1 amide bonds. The Labute approximate surface area is 161 Å². The number of nitrogens with zero attached hydrogens (tertiary/aromatic N) is 6. The van der Waals surface area contributed by atoms with Crippen molar-refractivity contribution in [1.29, 1.82) is 0 Å². The van der Waals surface area contributed by atoms with Gasteiger partial charge in [0.05, 0.1) is 29.5 Å². The first-order valence-corrected chi connectivity index (χ1v) is 8.79. The highest BCUT2D eigenvalue weighted by Crippen LogP contribution is 2.16. The molecular formula is C20H19N7O. The van der Waals surface area contributed by atoms with Crippen molar-refractivity contribution in [2.45, 2.75) is 20.8 Å². The van der Waals surface area contributed by atoms with E-state index in [1.165, 1.54) is 0 Å². The summed E-state index contributed by atoms with van der Waals surface area (Å²) in [5, 5.41) is 7.01. The summed E-state index contributed by atoms with van der Waals surface area (Å²) in [6.45, 7) is 5.83. The summed E-state index contributed by atoms with van der Waals surface area (Å²) in [4.78, 5) is 25.8. The van der Waals surface area contributed by atoms with Gasteiger partial charge in [-0.05, 0) is 45.0 Å². The molecule has 0 saturated heterocycles. The molecule has 0 bridgehead atoms. The Balaban J connectivity index is 1.53. The molecule has 0 fully saturated rings. The number of rotatable bonds is 4. The zero-order chi connectivity index (χ0) is 19.7. The van der Waals surface area contributed by atoms with E-state index in [1.54, 1.807) is 35.4 Å². The molecule has 1 aromatic carbocycles. The van der Waals surface area contributed by atoms with Gasteiger partial charge >= 0.3 is 0 Å². The second-order valence-corrected chi connectivity index (χ2v) is 6.39. The van der Waals surface area contributed by atoms with Crippen molar-refractivity contribution in [2.75, 3.05) is 5.32 Å². The number of aromatic nitrogens is 6. The minimum atomic E-state index is -0.240. The highest BCUT2D eigenvalue weighted by atomic mass is 16.1. The number of benzene rings is 1. The van der Waals surface area contributed by atoms with Crippen LogP contribution in [0.15, 0.2) is 55.1 Å². The van der Waals surface area contributed by atoms with Crippen molar-refractivity contribution in [2.24, 2.45) is 0 Å². The van der Waals surface area contributed by atoms with Gasteiger partial charge in [0.1, 0.15) is 5.82 Å². The topological polar surface area (TPSA) is 90.5 Å². The number of aryl methyl sites for hydroxylation is 2. The van der Waals surface area contributed by atoms with E-state index in [1.807, 2.05) is 49.7 Å².